The summed E-state index contributed by atoms with van der Waals surface area (Å²) in [6.07, 6.45) is 3.16. The van der Waals surface area contributed by atoms with Crippen LogP contribution in [0.1, 0.15) is 12.8 Å². The standard InChI is InChI=1S/C16H24N2O4S/c1-21-15-6-4-14(5-7-15)17-9-3-8-16(12-17)13-18(10-11-22-16)23(2,19)20/h4-7H,3,8-13H2,1-2H3/t16-/m1/s1. The van der Waals surface area contributed by atoms with Gasteiger partial charge >= 0.3 is 0 Å². The van der Waals surface area contributed by atoms with Crippen LogP contribution in [-0.2, 0) is 14.8 Å². The summed E-state index contributed by atoms with van der Waals surface area (Å²) in [6.45, 7) is 3.02. The lowest BCUT2D eigenvalue weighted by Crippen LogP contribution is -2.60. The van der Waals surface area contributed by atoms with Crippen LogP contribution < -0.4 is 9.64 Å². The van der Waals surface area contributed by atoms with Crippen LogP contribution in [0.5, 0.6) is 5.75 Å². The summed E-state index contributed by atoms with van der Waals surface area (Å²) >= 11 is 0. The fourth-order valence-corrected chi connectivity index (χ4v) is 4.33. The van der Waals surface area contributed by atoms with Crippen LogP contribution in [0.3, 0.4) is 0 Å². The van der Waals surface area contributed by atoms with Gasteiger partial charge in [0.05, 0.1) is 25.6 Å². The lowest BCUT2D eigenvalue weighted by Gasteiger charge is -2.48. The van der Waals surface area contributed by atoms with E-state index in [1.165, 1.54) is 6.26 Å². The molecule has 6 nitrogen and oxygen atoms in total. The number of morpholine rings is 1. The Kier molecular flexibility index (Phi) is 4.53. The molecule has 0 saturated carbocycles. The van der Waals surface area contributed by atoms with Crippen molar-refractivity contribution in [2.75, 3.05) is 51.1 Å². The third-order valence-electron chi connectivity index (χ3n) is 4.66. The van der Waals surface area contributed by atoms with E-state index in [1.807, 2.05) is 24.3 Å². The fourth-order valence-electron chi connectivity index (χ4n) is 3.45. The molecular formula is C16H24N2O4S. The van der Waals surface area contributed by atoms with E-state index in [-0.39, 0.29) is 0 Å². The number of hydrogen-bond donors (Lipinski definition) is 0. The first kappa shape index (κ1) is 16.5. The number of rotatable bonds is 3. The Balaban J connectivity index is 1.76. The van der Waals surface area contributed by atoms with Gasteiger partial charge in [-0.2, -0.15) is 4.31 Å². The van der Waals surface area contributed by atoms with Crippen molar-refractivity contribution in [3.8, 4) is 5.75 Å². The molecule has 2 heterocycles. The maximum atomic E-state index is 11.9. The smallest absolute Gasteiger partial charge is 0.211 e. The molecule has 0 radical (unpaired) electrons. The van der Waals surface area contributed by atoms with Crippen molar-refractivity contribution in [1.82, 2.24) is 4.31 Å². The predicted octanol–water partition coefficient (Wildman–Crippen LogP) is 1.33. The minimum atomic E-state index is -3.17. The molecule has 1 aromatic rings. The Morgan fingerprint density at radius 1 is 1.17 bits per heavy atom. The largest absolute Gasteiger partial charge is 0.497 e. The summed E-state index contributed by atoms with van der Waals surface area (Å²) in [4.78, 5) is 2.27. The van der Waals surface area contributed by atoms with Crippen LogP contribution in [0.2, 0.25) is 0 Å². The summed E-state index contributed by atoms with van der Waals surface area (Å²) in [7, 11) is -1.52. The molecule has 23 heavy (non-hydrogen) atoms. The number of nitrogens with zero attached hydrogens (tertiary/aromatic N) is 2. The van der Waals surface area contributed by atoms with Crippen molar-refractivity contribution in [1.29, 1.82) is 0 Å². The third-order valence-corrected chi connectivity index (χ3v) is 5.91. The molecule has 1 atom stereocenters. The van der Waals surface area contributed by atoms with Crippen molar-refractivity contribution >= 4 is 15.7 Å². The van der Waals surface area contributed by atoms with Gasteiger partial charge in [0, 0.05) is 31.9 Å². The normalized spacial score (nSPS) is 26.4. The predicted molar refractivity (Wildman–Crippen MR) is 89.5 cm³/mol. The second-order valence-electron chi connectivity index (χ2n) is 6.35. The number of sulfonamides is 1. The van der Waals surface area contributed by atoms with Gasteiger partial charge in [0.2, 0.25) is 10.0 Å². The molecule has 2 saturated heterocycles. The van der Waals surface area contributed by atoms with E-state index >= 15 is 0 Å². The van der Waals surface area contributed by atoms with E-state index < -0.39 is 15.6 Å². The number of piperidine rings is 1. The summed E-state index contributed by atoms with van der Waals surface area (Å²) in [5.74, 6) is 0.831. The van der Waals surface area contributed by atoms with Crippen LogP contribution >= 0.6 is 0 Å². The number of hydrogen-bond acceptors (Lipinski definition) is 5. The zero-order valence-electron chi connectivity index (χ0n) is 13.7. The van der Waals surface area contributed by atoms with Gasteiger partial charge in [-0.3, -0.25) is 0 Å². The summed E-state index contributed by atoms with van der Waals surface area (Å²) in [5.41, 5.74) is 0.712. The summed E-state index contributed by atoms with van der Waals surface area (Å²) in [5, 5.41) is 0. The molecule has 7 heteroatoms. The van der Waals surface area contributed by atoms with Crippen LogP contribution in [0.15, 0.2) is 24.3 Å². The van der Waals surface area contributed by atoms with Gasteiger partial charge in [0.15, 0.2) is 0 Å². The van der Waals surface area contributed by atoms with Gasteiger partial charge in [-0.05, 0) is 37.1 Å². The monoisotopic (exact) mass is 340 g/mol. The highest BCUT2D eigenvalue weighted by molar-refractivity contribution is 7.88. The minimum absolute atomic E-state index is 0.403. The van der Waals surface area contributed by atoms with Gasteiger partial charge < -0.3 is 14.4 Å². The lowest BCUT2D eigenvalue weighted by molar-refractivity contribution is -0.0948. The highest BCUT2D eigenvalue weighted by Crippen LogP contribution is 2.32. The van der Waals surface area contributed by atoms with E-state index in [9.17, 15) is 8.42 Å². The second kappa shape index (κ2) is 6.30. The quantitative estimate of drug-likeness (QED) is 0.831. The van der Waals surface area contributed by atoms with Crippen molar-refractivity contribution in [2.45, 2.75) is 18.4 Å². The molecule has 0 aromatic heterocycles. The van der Waals surface area contributed by atoms with E-state index in [2.05, 4.69) is 4.90 Å². The van der Waals surface area contributed by atoms with Gasteiger partial charge in [-0.15, -0.1) is 0 Å². The molecule has 0 unspecified atom stereocenters. The molecule has 0 aliphatic carbocycles. The van der Waals surface area contributed by atoms with Crippen molar-refractivity contribution in [2.24, 2.45) is 0 Å². The summed E-state index contributed by atoms with van der Waals surface area (Å²) in [6, 6.07) is 7.96. The van der Waals surface area contributed by atoms with Crippen molar-refractivity contribution < 1.29 is 17.9 Å². The maximum Gasteiger partial charge on any atom is 0.211 e. The number of benzene rings is 1. The van der Waals surface area contributed by atoms with Crippen molar-refractivity contribution in [3.05, 3.63) is 24.3 Å². The van der Waals surface area contributed by atoms with Gasteiger partial charge in [-0.25, -0.2) is 8.42 Å². The first-order chi connectivity index (χ1) is 10.9. The lowest BCUT2D eigenvalue weighted by atomic mass is 9.91. The molecule has 3 rings (SSSR count). The first-order valence-electron chi connectivity index (χ1n) is 7.90. The molecule has 128 valence electrons. The molecular weight excluding hydrogens is 316 g/mol. The van der Waals surface area contributed by atoms with Crippen molar-refractivity contribution in [3.63, 3.8) is 0 Å². The third kappa shape index (κ3) is 3.62. The van der Waals surface area contributed by atoms with E-state index in [1.54, 1.807) is 11.4 Å². The molecule has 0 N–H and O–H groups in total. The Bertz CT molecular complexity index is 643. The first-order valence-corrected chi connectivity index (χ1v) is 9.75. The topological polar surface area (TPSA) is 59.1 Å². The van der Waals surface area contributed by atoms with Crippen LogP contribution in [0.25, 0.3) is 0 Å². The molecule has 2 fully saturated rings. The van der Waals surface area contributed by atoms with E-state index in [4.69, 9.17) is 9.47 Å². The second-order valence-corrected chi connectivity index (χ2v) is 8.33. The Morgan fingerprint density at radius 2 is 1.91 bits per heavy atom. The molecule has 0 amide bonds. The van der Waals surface area contributed by atoms with Gasteiger partial charge in [0.1, 0.15) is 5.75 Å². The molecule has 0 bridgehead atoms. The van der Waals surface area contributed by atoms with Gasteiger partial charge in [-0.1, -0.05) is 0 Å². The maximum absolute atomic E-state index is 11.9. The molecule has 1 aromatic carbocycles. The molecule has 2 aliphatic heterocycles. The zero-order chi connectivity index (χ0) is 16.5. The molecule has 1 spiro atoms. The van der Waals surface area contributed by atoms with E-state index in [0.717, 1.165) is 30.8 Å². The zero-order valence-corrected chi connectivity index (χ0v) is 14.5. The summed E-state index contributed by atoms with van der Waals surface area (Å²) < 4.78 is 36.6. The number of anilines is 1. The Morgan fingerprint density at radius 3 is 2.57 bits per heavy atom. The Hall–Kier alpha value is -1.31. The van der Waals surface area contributed by atoms with Crippen LogP contribution in [0, 0.1) is 0 Å². The highest BCUT2D eigenvalue weighted by Gasteiger charge is 2.42. The average Bonchev–Trinajstić information content (AvgIpc) is 2.54. The fraction of sp³-hybridized carbons (Fsp3) is 0.625. The highest BCUT2D eigenvalue weighted by atomic mass is 32.2. The van der Waals surface area contributed by atoms with Crippen LogP contribution in [-0.4, -0.2) is 64.5 Å². The number of methoxy groups -OCH3 is 1. The number of ether oxygens (including phenoxy) is 2. The molecule has 2 aliphatic rings. The van der Waals surface area contributed by atoms with E-state index in [0.29, 0.717) is 26.2 Å². The average molecular weight is 340 g/mol. The minimum Gasteiger partial charge on any atom is -0.497 e. The Labute approximate surface area is 138 Å². The van der Waals surface area contributed by atoms with Gasteiger partial charge in [0.25, 0.3) is 0 Å². The van der Waals surface area contributed by atoms with Crippen LogP contribution in [0.4, 0.5) is 5.69 Å². The SMILES string of the molecule is COc1ccc(N2CCC[C@@]3(C2)CN(S(C)(=O)=O)CCO3)cc1.